The highest BCUT2D eigenvalue weighted by atomic mass is 35.5. The van der Waals surface area contributed by atoms with Gasteiger partial charge in [-0.1, -0.05) is 11.6 Å². The summed E-state index contributed by atoms with van der Waals surface area (Å²) in [6, 6.07) is 6.37. The lowest BCUT2D eigenvalue weighted by atomic mass is 9.81. The number of fused-ring (bicyclic) bond motifs is 1. The van der Waals surface area contributed by atoms with Gasteiger partial charge in [-0.15, -0.1) is 0 Å². The Bertz CT molecular complexity index is 693. The van der Waals surface area contributed by atoms with Crippen LogP contribution in [0.3, 0.4) is 0 Å². The molecule has 0 aliphatic heterocycles. The number of halogens is 1. The highest BCUT2D eigenvalue weighted by molar-refractivity contribution is 6.32. The normalized spacial score (nSPS) is 26.2. The summed E-state index contributed by atoms with van der Waals surface area (Å²) in [5.74, 6) is 2.27. The molecule has 23 heavy (non-hydrogen) atoms. The van der Waals surface area contributed by atoms with Crippen LogP contribution in [0.2, 0.25) is 5.02 Å². The van der Waals surface area contributed by atoms with Crippen molar-refractivity contribution in [3.63, 3.8) is 0 Å². The zero-order chi connectivity index (χ0) is 15.8. The number of hydrogen-bond acceptors (Lipinski definition) is 3. The average Bonchev–Trinajstić information content (AvgIpc) is 3.40. The number of ether oxygens (including phenoxy) is 1. The van der Waals surface area contributed by atoms with Gasteiger partial charge in [0.15, 0.2) is 0 Å². The summed E-state index contributed by atoms with van der Waals surface area (Å²) in [5, 5.41) is 2.83. The Balaban J connectivity index is 1.41. The second kappa shape index (κ2) is 6.29. The van der Waals surface area contributed by atoms with Crippen molar-refractivity contribution in [2.75, 3.05) is 0 Å². The first-order chi connectivity index (χ1) is 11.2. The summed E-state index contributed by atoms with van der Waals surface area (Å²) in [6.45, 7) is 0. The fourth-order valence-corrected chi connectivity index (χ4v) is 4.03. The van der Waals surface area contributed by atoms with E-state index in [1.165, 1.54) is 25.7 Å². The molecule has 122 valence electrons. The molecule has 0 amide bonds. The summed E-state index contributed by atoms with van der Waals surface area (Å²) >= 11 is 6.38. The van der Waals surface area contributed by atoms with E-state index in [4.69, 9.17) is 22.1 Å². The molecule has 2 N–H and O–H groups in total. The summed E-state index contributed by atoms with van der Waals surface area (Å²) in [4.78, 5) is 4.13. The highest BCUT2D eigenvalue weighted by Gasteiger charge is 2.36. The predicted octanol–water partition coefficient (Wildman–Crippen LogP) is 4.56. The smallest absolute Gasteiger partial charge is 0.138 e. The molecule has 2 aromatic rings. The number of rotatable bonds is 4. The summed E-state index contributed by atoms with van der Waals surface area (Å²) < 4.78 is 6.21. The molecule has 0 spiro atoms. The second-order valence-electron chi connectivity index (χ2n) is 7.07. The summed E-state index contributed by atoms with van der Waals surface area (Å²) in [5.41, 5.74) is 6.37. The molecule has 2 aliphatic carbocycles. The summed E-state index contributed by atoms with van der Waals surface area (Å²) in [7, 11) is 0. The molecular weight excluding hydrogens is 308 g/mol. The molecule has 0 radical (unpaired) electrons. The minimum atomic E-state index is 0.259. The van der Waals surface area contributed by atoms with Gasteiger partial charge in [0.1, 0.15) is 5.75 Å². The van der Waals surface area contributed by atoms with Crippen LogP contribution in [-0.2, 0) is 0 Å². The molecule has 4 heteroatoms. The van der Waals surface area contributed by atoms with Gasteiger partial charge in [0.05, 0.1) is 11.1 Å². The monoisotopic (exact) mass is 330 g/mol. The van der Waals surface area contributed by atoms with Gasteiger partial charge < -0.3 is 10.5 Å². The first kappa shape index (κ1) is 15.2. The van der Waals surface area contributed by atoms with E-state index in [-0.39, 0.29) is 6.10 Å². The Labute approximate surface area is 142 Å². The predicted molar refractivity (Wildman–Crippen MR) is 93.8 cm³/mol. The van der Waals surface area contributed by atoms with Crippen molar-refractivity contribution < 1.29 is 4.74 Å². The van der Waals surface area contributed by atoms with Gasteiger partial charge in [-0.05, 0) is 73.9 Å². The molecule has 2 aliphatic rings. The Morgan fingerprint density at radius 1 is 1.04 bits per heavy atom. The topological polar surface area (TPSA) is 48.1 Å². The third-order valence-electron chi connectivity index (χ3n) is 5.41. The Morgan fingerprint density at radius 2 is 1.74 bits per heavy atom. The average molecular weight is 331 g/mol. The number of benzene rings is 1. The van der Waals surface area contributed by atoms with Crippen LogP contribution < -0.4 is 10.5 Å². The molecule has 1 unspecified atom stereocenters. The lowest BCUT2D eigenvalue weighted by Gasteiger charge is -2.32. The van der Waals surface area contributed by atoms with Gasteiger partial charge in [0, 0.05) is 23.8 Å². The van der Waals surface area contributed by atoms with Gasteiger partial charge in [-0.2, -0.15) is 0 Å². The van der Waals surface area contributed by atoms with Gasteiger partial charge in [-0.25, -0.2) is 0 Å². The quantitative estimate of drug-likeness (QED) is 0.893. The first-order valence-electron chi connectivity index (χ1n) is 8.66. The molecular formula is C19H23ClN2O. The molecule has 1 aromatic carbocycles. The molecule has 4 rings (SSSR count). The Kier molecular flexibility index (Phi) is 4.16. The van der Waals surface area contributed by atoms with Crippen molar-refractivity contribution in [3.05, 3.63) is 35.6 Å². The van der Waals surface area contributed by atoms with Crippen LogP contribution in [0.25, 0.3) is 10.8 Å². The Hall–Kier alpha value is -1.32. The van der Waals surface area contributed by atoms with E-state index in [0.29, 0.717) is 17.0 Å². The van der Waals surface area contributed by atoms with Crippen LogP contribution in [0.15, 0.2) is 30.6 Å². The molecule has 0 saturated heterocycles. The molecule has 2 fully saturated rings. The van der Waals surface area contributed by atoms with E-state index in [2.05, 4.69) is 4.98 Å². The standard InChI is InChI=1S/C19H23ClN2O/c20-17-9-15-11-22-8-7-14(15)10-18(17)23-16-5-3-13(4-6-16)19(21)12-1-2-12/h7-13,16,19H,1-6,21H2. The molecule has 1 aromatic heterocycles. The van der Waals surface area contributed by atoms with E-state index in [1.807, 2.05) is 24.4 Å². The largest absolute Gasteiger partial charge is 0.489 e. The second-order valence-corrected chi connectivity index (χ2v) is 7.48. The maximum atomic E-state index is 6.38. The van der Waals surface area contributed by atoms with Gasteiger partial charge >= 0.3 is 0 Å². The first-order valence-corrected chi connectivity index (χ1v) is 9.04. The number of pyridine rings is 1. The molecule has 2 saturated carbocycles. The third-order valence-corrected chi connectivity index (χ3v) is 5.71. The summed E-state index contributed by atoms with van der Waals surface area (Å²) in [6.07, 6.45) is 11.1. The van der Waals surface area contributed by atoms with Crippen molar-refractivity contribution in [1.29, 1.82) is 0 Å². The lowest BCUT2D eigenvalue weighted by molar-refractivity contribution is 0.120. The van der Waals surface area contributed by atoms with Gasteiger partial charge in [-0.3, -0.25) is 4.98 Å². The zero-order valence-corrected chi connectivity index (χ0v) is 14.0. The Morgan fingerprint density at radius 3 is 2.43 bits per heavy atom. The van der Waals surface area contributed by atoms with Crippen molar-refractivity contribution in [2.45, 2.75) is 50.7 Å². The number of nitrogens with two attached hydrogens (primary N) is 1. The van der Waals surface area contributed by atoms with Crippen molar-refractivity contribution in [2.24, 2.45) is 17.6 Å². The fourth-order valence-electron chi connectivity index (χ4n) is 3.81. The highest BCUT2D eigenvalue weighted by Crippen LogP contribution is 2.40. The van der Waals surface area contributed by atoms with E-state index in [1.54, 1.807) is 6.20 Å². The zero-order valence-electron chi connectivity index (χ0n) is 13.2. The number of nitrogens with zero attached hydrogens (tertiary/aromatic N) is 1. The number of hydrogen-bond donors (Lipinski definition) is 1. The van der Waals surface area contributed by atoms with Gasteiger partial charge in [0.25, 0.3) is 0 Å². The minimum Gasteiger partial charge on any atom is -0.489 e. The van der Waals surface area contributed by atoms with E-state index >= 15 is 0 Å². The van der Waals surface area contributed by atoms with Crippen LogP contribution >= 0.6 is 11.6 Å². The van der Waals surface area contributed by atoms with E-state index in [9.17, 15) is 0 Å². The third kappa shape index (κ3) is 3.31. The molecule has 1 heterocycles. The minimum absolute atomic E-state index is 0.259. The molecule has 1 atom stereocenters. The maximum Gasteiger partial charge on any atom is 0.138 e. The molecule has 3 nitrogen and oxygen atoms in total. The van der Waals surface area contributed by atoms with Crippen molar-refractivity contribution in [1.82, 2.24) is 4.98 Å². The van der Waals surface area contributed by atoms with Crippen LogP contribution in [0.5, 0.6) is 5.75 Å². The van der Waals surface area contributed by atoms with Crippen molar-refractivity contribution in [3.8, 4) is 5.75 Å². The van der Waals surface area contributed by atoms with Crippen LogP contribution in [-0.4, -0.2) is 17.1 Å². The van der Waals surface area contributed by atoms with E-state index < -0.39 is 0 Å². The number of aromatic nitrogens is 1. The fraction of sp³-hybridized carbons (Fsp3) is 0.526. The maximum absolute atomic E-state index is 6.38. The van der Waals surface area contributed by atoms with Gasteiger partial charge in [0.2, 0.25) is 0 Å². The lowest BCUT2D eigenvalue weighted by Crippen LogP contribution is -2.36. The van der Waals surface area contributed by atoms with Crippen molar-refractivity contribution >= 4 is 22.4 Å². The van der Waals surface area contributed by atoms with E-state index in [0.717, 1.165) is 35.3 Å². The van der Waals surface area contributed by atoms with Crippen LogP contribution in [0.4, 0.5) is 0 Å². The molecule has 0 bridgehead atoms. The SMILES string of the molecule is NC(C1CCC(Oc2cc3ccncc3cc2Cl)CC1)C1CC1. The van der Waals surface area contributed by atoms with Crippen LogP contribution in [0.1, 0.15) is 38.5 Å². The van der Waals surface area contributed by atoms with Crippen LogP contribution in [0, 0.1) is 11.8 Å².